The Hall–Kier alpha value is -1.85. The van der Waals surface area contributed by atoms with E-state index in [9.17, 15) is 0 Å². The molecule has 0 bridgehead atoms. The number of hydrogen-bond acceptors (Lipinski definition) is 4. The molecule has 1 aliphatic heterocycles. The Kier molecular flexibility index (Phi) is 4.30. The van der Waals surface area contributed by atoms with Crippen LogP contribution >= 0.6 is 11.5 Å². The van der Waals surface area contributed by atoms with E-state index in [0.29, 0.717) is 6.04 Å². The van der Waals surface area contributed by atoms with Crippen molar-refractivity contribution in [2.24, 2.45) is 0 Å². The molecule has 23 heavy (non-hydrogen) atoms. The predicted molar refractivity (Wildman–Crippen MR) is 94.1 cm³/mol. The molecule has 3 aromatic rings. The third-order valence-corrected chi connectivity index (χ3v) is 5.55. The number of nitrogens with one attached hydrogen (secondary N) is 2. The highest BCUT2D eigenvalue weighted by Crippen LogP contribution is 2.26. The topological polar surface area (TPSA) is 42.5 Å². The Morgan fingerprint density at radius 3 is 2.83 bits per heavy atom. The van der Waals surface area contributed by atoms with Crippen molar-refractivity contribution >= 4 is 27.4 Å². The summed E-state index contributed by atoms with van der Waals surface area (Å²) < 4.78 is 11.5. The summed E-state index contributed by atoms with van der Waals surface area (Å²) in [5, 5.41) is 4.78. The summed E-state index contributed by atoms with van der Waals surface area (Å²) in [6.07, 6.45) is 5.76. The fraction of sp³-hybridized carbons (Fsp3) is 0.389. The molecule has 1 fully saturated rings. The zero-order valence-corrected chi connectivity index (χ0v) is 13.9. The van der Waals surface area contributed by atoms with E-state index >= 15 is 0 Å². The summed E-state index contributed by atoms with van der Waals surface area (Å²) in [6, 6.07) is 12.8. The van der Waals surface area contributed by atoms with Crippen molar-refractivity contribution in [1.29, 1.82) is 0 Å². The minimum absolute atomic E-state index is 0.353. The van der Waals surface area contributed by atoms with E-state index in [1.54, 1.807) is 22.7 Å². The van der Waals surface area contributed by atoms with Crippen molar-refractivity contribution in [3.63, 3.8) is 0 Å². The highest BCUT2D eigenvalue weighted by Gasteiger charge is 2.28. The predicted octanol–water partition coefficient (Wildman–Crippen LogP) is 3.11. The van der Waals surface area contributed by atoms with Gasteiger partial charge in [0.25, 0.3) is 0 Å². The standard InChI is InChI=1S/C18H21N3OS/c1-4-10-21(11-5-1)15(16-8-6-12-22-16)13-19-18-14-7-2-3-9-17(14)23-20-18/h2-3,6-9,12,15H,1,4-5,10-11,13H2,(H,19,20)/p+1/t15-/m0/s1. The molecule has 0 aliphatic carbocycles. The van der Waals surface area contributed by atoms with Gasteiger partial charge in [0.15, 0.2) is 11.8 Å². The molecule has 0 amide bonds. The number of piperidine rings is 1. The molecule has 0 spiro atoms. The number of furan rings is 1. The van der Waals surface area contributed by atoms with Crippen molar-refractivity contribution in [3.8, 4) is 0 Å². The number of quaternary nitrogens is 1. The minimum Gasteiger partial charge on any atom is -0.463 e. The first-order valence-electron chi connectivity index (χ1n) is 8.38. The second-order valence-electron chi connectivity index (χ2n) is 6.20. The Labute approximate surface area is 140 Å². The molecule has 0 unspecified atom stereocenters. The second-order valence-corrected chi connectivity index (χ2v) is 7.00. The smallest absolute Gasteiger partial charge is 0.163 e. The highest BCUT2D eigenvalue weighted by molar-refractivity contribution is 7.13. The van der Waals surface area contributed by atoms with E-state index in [0.717, 1.165) is 18.1 Å². The van der Waals surface area contributed by atoms with Crippen LogP contribution < -0.4 is 10.2 Å². The van der Waals surface area contributed by atoms with E-state index in [1.165, 1.54) is 42.4 Å². The maximum atomic E-state index is 5.73. The van der Waals surface area contributed by atoms with Gasteiger partial charge in [-0.1, -0.05) is 12.1 Å². The quantitative estimate of drug-likeness (QED) is 0.756. The van der Waals surface area contributed by atoms with Crippen molar-refractivity contribution in [2.45, 2.75) is 25.3 Å². The van der Waals surface area contributed by atoms with E-state index in [-0.39, 0.29) is 0 Å². The first-order chi connectivity index (χ1) is 11.4. The lowest BCUT2D eigenvalue weighted by Crippen LogP contribution is -3.13. The van der Waals surface area contributed by atoms with Crippen LogP contribution in [-0.2, 0) is 0 Å². The summed E-state index contributed by atoms with van der Waals surface area (Å²) in [5.74, 6) is 2.08. The SMILES string of the molecule is c1coc([C@H](CNc2nsc3ccccc23)[NH+]2CCCCC2)c1. The van der Waals surface area contributed by atoms with Crippen LogP contribution in [0.4, 0.5) is 5.82 Å². The normalized spacial score (nSPS) is 17.4. The average Bonchev–Trinajstić information content (AvgIpc) is 3.26. The lowest BCUT2D eigenvalue weighted by molar-refractivity contribution is -0.935. The average molecular weight is 328 g/mol. The van der Waals surface area contributed by atoms with Gasteiger partial charge in [0, 0.05) is 5.39 Å². The molecule has 3 heterocycles. The van der Waals surface area contributed by atoms with Gasteiger partial charge in [-0.2, -0.15) is 4.37 Å². The maximum Gasteiger partial charge on any atom is 0.163 e. The lowest BCUT2D eigenvalue weighted by Gasteiger charge is -2.30. The zero-order valence-electron chi connectivity index (χ0n) is 13.1. The van der Waals surface area contributed by atoms with E-state index < -0.39 is 0 Å². The molecule has 1 saturated heterocycles. The molecule has 0 radical (unpaired) electrons. The molecule has 120 valence electrons. The molecule has 1 aliphatic rings. The Morgan fingerprint density at radius 1 is 1.13 bits per heavy atom. The van der Waals surface area contributed by atoms with Crippen LogP contribution in [0.5, 0.6) is 0 Å². The molecule has 5 heteroatoms. The molecular formula is C18H22N3OS+. The Balaban J connectivity index is 1.53. The van der Waals surface area contributed by atoms with Gasteiger partial charge in [-0.25, -0.2) is 0 Å². The van der Waals surface area contributed by atoms with Gasteiger partial charge in [-0.3, -0.25) is 0 Å². The Bertz CT molecular complexity index is 747. The molecule has 1 aromatic carbocycles. The molecule has 4 nitrogen and oxygen atoms in total. The first kappa shape index (κ1) is 14.7. The van der Waals surface area contributed by atoms with Gasteiger partial charge >= 0.3 is 0 Å². The summed E-state index contributed by atoms with van der Waals surface area (Å²) >= 11 is 1.56. The summed E-state index contributed by atoms with van der Waals surface area (Å²) in [6.45, 7) is 3.31. The molecule has 1 atom stereocenters. The van der Waals surface area contributed by atoms with Crippen LogP contribution in [0.3, 0.4) is 0 Å². The highest BCUT2D eigenvalue weighted by atomic mass is 32.1. The summed E-state index contributed by atoms with van der Waals surface area (Å²) in [7, 11) is 0. The number of benzene rings is 1. The zero-order chi connectivity index (χ0) is 15.5. The van der Waals surface area contributed by atoms with Crippen LogP contribution in [0.25, 0.3) is 10.1 Å². The van der Waals surface area contributed by atoms with Gasteiger partial charge in [0.05, 0.1) is 30.6 Å². The third kappa shape index (κ3) is 3.12. The maximum absolute atomic E-state index is 5.73. The van der Waals surface area contributed by atoms with Crippen LogP contribution in [0, 0.1) is 0 Å². The molecule has 2 N–H and O–H groups in total. The monoisotopic (exact) mass is 328 g/mol. The second kappa shape index (κ2) is 6.72. The number of anilines is 1. The van der Waals surface area contributed by atoms with Crippen LogP contribution in [0.2, 0.25) is 0 Å². The van der Waals surface area contributed by atoms with Gasteiger partial charge in [0.1, 0.15) is 5.82 Å². The van der Waals surface area contributed by atoms with E-state index in [2.05, 4.69) is 40.0 Å². The molecular weight excluding hydrogens is 306 g/mol. The lowest BCUT2D eigenvalue weighted by atomic mass is 10.1. The number of likely N-dealkylation sites (tertiary alicyclic amines) is 1. The number of hydrogen-bond donors (Lipinski definition) is 2. The van der Waals surface area contributed by atoms with Crippen molar-refractivity contribution in [2.75, 3.05) is 25.0 Å². The number of aromatic nitrogens is 1. The summed E-state index contributed by atoms with van der Waals surface area (Å²) in [4.78, 5) is 1.62. The fourth-order valence-electron chi connectivity index (χ4n) is 3.50. The van der Waals surface area contributed by atoms with Crippen LogP contribution in [0.1, 0.15) is 31.1 Å². The molecule has 4 rings (SSSR count). The van der Waals surface area contributed by atoms with Gasteiger partial charge in [-0.05, 0) is 55.1 Å². The van der Waals surface area contributed by atoms with Gasteiger partial charge in [-0.15, -0.1) is 0 Å². The molecule has 0 saturated carbocycles. The molecule has 2 aromatic heterocycles. The Morgan fingerprint density at radius 2 is 2.00 bits per heavy atom. The fourth-order valence-corrected chi connectivity index (χ4v) is 4.26. The van der Waals surface area contributed by atoms with Crippen molar-refractivity contribution in [1.82, 2.24) is 4.37 Å². The number of fused-ring (bicyclic) bond motifs is 1. The largest absolute Gasteiger partial charge is 0.463 e. The van der Waals surface area contributed by atoms with Crippen molar-refractivity contribution in [3.05, 3.63) is 48.4 Å². The van der Waals surface area contributed by atoms with Crippen LogP contribution in [-0.4, -0.2) is 24.0 Å². The van der Waals surface area contributed by atoms with E-state index in [4.69, 9.17) is 4.42 Å². The number of rotatable bonds is 5. The first-order valence-corrected chi connectivity index (χ1v) is 9.15. The van der Waals surface area contributed by atoms with Crippen molar-refractivity contribution < 1.29 is 9.32 Å². The van der Waals surface area contributed by atoms with Gasteiger partial charge in [0.2, 0.25) is 0 Å². The summed E-state index contributed by atoms with van der Waals surface area (Å²) in [5.41, 5.74) is 0. The minimum atomic E-state index is 0.353. The van der Waals surface area contributed by atoms with E-state index in [1.807, 2.05) is 6.07 Å². The van der Waals surface area contributed by atoms with Crippen LogP contribution in [0.15, 0.2) is 47.1 Å². The van der Waals surface area contributed by atoms with Gasteiger partial charge < -0.3 is 14.6 Å². The third-order valence-electron chi connectivity index (χ3n) is 4.73. The number of nitrogens with zero attached hydrogens (tertiary/aromatic N) is 1.